The molecule has 7 nitrogen and oxygen atoms in total. The number of likely N-dealkylation sites (tertiary alicyclic amines) is 1. The molecule has 0 unspecified atom stereocenters. The number of ether oxygens (including phenoxy) is 1. The van der Waals surface area contributed by atoms with E-state index in [1.54, 1.807) is 23.1 Å². The second-order valence-corrected chi connectivity index (χ2v) is 6.84. The topological polar surface area (TPSA) is 85.7 Å². The SMILES string of the molecule is N#Cc1ccc(NC(=O)N2CCC(C(=O)N3CCOCC3)CC2)cc1Cl. The van der Waals surface area contributed by atoms with Gasteiger partial charge in [-0.1, -0.05) is 11.6 Å². The first-order valence-electron chi connectivity index (χ1n) is 8.70. The Morgan fingerprint density at radius 3 is 2.46 bits per heavy atom. The summed E-state index contributed by atoms with van der Waals surface area (Å²) in [6.07, 6.45) is 1.33. The van der Waals surface area contributed by atoms with Gasteiger partial charge in [0.05, 0.1) is 23.8 Å². The molecule has 2 heterocycles. The molecule has 26 heavy (non-hydrogen) atoms. The van der Waals surface area contributed by atoms with E-state index < -0.39 is 0 Å². The Bertz CT molecular complexity index is 720. The smallest absolute Gasteiger partial charge is 0.321 e. The average molecular weight is 377 g/mol. The number of piperidine rings is 1. The van der Waals surface area contributed by atoms with Crippen LogP contribution in [0, 0.1) is 17.2 Å². The van der Waals surface area contributed by atoms with Crippen molar-refractivity contribution in [1.29, 1.82) is 5.26 Å². The van der Waals surface area contributed by atoms with Crippen molar-refractivity contribution >= 4 is 29.2 Å². The molecule has 0 aliphatic carbocycles. The zero-order valence-corrected chi connectivity index (χ0v) is 15.2. The number of anilines is 1. The van der Waals surface area contributed by atoms with E-state index in [9.17, 15) is 9.59 Å². The third kappa shape index (κ3) is 4.26. The molecule has 2 aliphatic heterocycles. The number of carbonyl (C=O) groups is 2. The molecule has 138 valence electrons. The Morgan fingerprint density at radius 1 is 1.15 bits per heavy atom. The minimum Gasteiger partial charge on any atom is -0.378 e. The number of rotatable bonds is 2. The first-order chi connectivity index (χ1) is 12.6. The number of nitrogens with one attached hydrogen (secondary N) is 1. The Kier molecular flexibility index (Phi) is 5.96. The molecule has 2 aliphatic rings. The number of halogens is 1. The van der Waals surface area contributed by atoms with Crippen molar-refractivity contribution in [3.63, 3.8) is 0 Å². The van der Waals surface area contributed by atoms with Gasteiger partial charge in [0.15, 0.2) is 0 Å². The summed E-state index contributed by atoms with van der Waals surface area (Å²) in [5, 5.41) is 12.0. The van der Waals surface area contributed by atoms with Crippen LogP contribution in [0.1, 0.15) is 18.4 Å². The molecule has 2 saturated heterocycles. The van der Waals surface area contributed by atoms with Gasteiger partial charge in [0.2, 0.25) is 5.91 Å². The number of amides is 3. The maximum Gasteiger partial charge on any atom is 0.321 e. The quantitative estimate of drug-likeness (QED) is 0.858. The summed E-state index contributed by atoms with van der Waals surface area (Å²) in [7, 11) is 0. The fourth-order valence-electron chi connectivity index (χ4n) is 3.26. The van der Waals surface area contributed by atoms with Crippen molar-refractivity contribution in [2.75, 3.05) is 44.7 Å². The third-order valence-electron chi connectivity index (χ3n) is 4.79. The molecule has 3 rings (SSSR count). The van der Waals surface area contributed by atoms with Gasteiger partial charge in [-0.15, -0.1) is 0 Å². The van der Waals surface area contributed by atoms with E-state index >= 15 is 0 Å². The Balaban J connectivity index is 1.51. The van der Waals surface area contributed by atoms with Crippen LogP contribution in [0.5, 0.6) is 0 Å². The highest BCUT2D eigenvalue weighted by Gasteiger charge is 2.30. The summed E-state index contributed by atoms with van der Waals surface area (Å²) in [5.41, 5.74) is 0.914. The summed E-state index contributed by atoms with van der Waals surface area (Å²) in [6, 6.07) is 6.55. The summed E-state index contributed by atoms with van der Waals surface area (Å²) >= 11 is 5.99. The highest BCUT2D eigenvalue weighted by Crippen LogP contribution is 2.23. The fraction of sp³-hybridized carbons (Fsp3) is 0.500. The number of nitriles is 1. The van der Waals surface area contributed by atoms with Gasteiger partial charge in [-0.3, -0.25) is 4.79 Å². The van der Waals surface area contributed by atoms with E-state index in [1.165, 1.54) is 0 Å². The van der Waals surface area contributed by atoms with Crippen LogP contribution >= 0.6 is 11.6 Å². The molecular weight excluding hydrogens is 356 g/mol. The third-order valence-corrected chi connectivity index (χ3v) is 5.11. The largest absolute Gasteiger partial charge is 0.378 e. The summed E-state index contributed by atoms with van der Waals surface area (Å²) in [6.45, 7) is 3.57. The Labute approximate surface area is 157 Å². The van der Waals surface area contributed by atoms with Crippen molar-refractivity contribution in [2.24, 2.45) is 5.92 Å². The lowest BCUT2D eigenvalue weighted by atomic mass is 9.95. The van der Waals surface area contributed by atoms with Gasteiger partial charge in [0, 0.05) is 37.8 Å². The number of carbonyl (C=O) groups excluding carboxylic acids is 2. The molecule has 0 spiro atoms. The summed E-state index contributed by atoms with van der Waals surface area (Å²) in [4.78, 5) is 28.5. The molecular formula is C18H21ClN4O3. The van der Waals surface area contributed by atoms with Gasteiger partial charge in [-0.2, -0.15) is 5.26 Å². The zero-order chi connectivity index (χ0) is 18.5. The fourth-order valence-corrected chi connectivity index (χ4v) is 3.48. The molecule has 0 aromatic heterocycles. The van der Waals surface area contributed by atoms with E-state index in [4.69, 9.17) is 21.6 Å². The predicted molar refractivity (Wildman–Crippen MR) is 96.9 cm³/mol. The van der Waals surface area contributed by atoms with Crippen LogP contribution in [0.3, 0.4) is 0 Å². The molecule has 0 radical (unpaired) electrons. The minimum absolute atomic E-state index is 0.0264. The Morgan fingerprint density at radius 2 is 1.85 bits per heavy atom. The van der Waals surface area contributed by atoms with Gasteiger partial charge in [-0.05, 0) is 31.0 Å². The van der Waals surface area contributed by atoms with Crippen molar-refractivity contribution < 1.29 is 14.3 Å². The monoisotopic (exact) mass is 376 g/mol. The van der Waals surface area contributed by atoms with Gasteiger partial charge >= 0.3 is 6.03 Å². The van der Waals surface area contributed by atoms with E-state index in [0.717, 1.165) is 0 Å². The summed E-state index contributed by atoms with van der Waals surface area (Å²) in [5.74, 6) is 0.147. The number of morpholine rings is 1. The van der Waals surface area contributed by atoms with Crippen LogP contribution in [-0.2, 0) is 9.53 Å². The van der Waals surface area contributed by atoms with Crippen molar-refractivity contribution in [2.45, 2.75) is 12.8 Å². The molecule has 0 atom stereocenters. The highest BCUT2D eigenvalue weighted by atomic mass is 35.5. The molecule has 3 amide bonds. The highest BCUT2D eigenvalue weighted by molar-refractivity contribution is 6.32. The number of nitrogens with zero attached hydrogens (tertiary/aromatic N) is 3. The standard InChI is InChI=1S/C18H21ClN4O3/c19-16-11-15(2-1-14(16)12-20)21-18(25)23-5-3-13(4-6-23)17(24)22-7-9-26-10-8-22/h1-2,11,13H,3-10H2,(H,21,25). The van der Waals surface area contributed by atoms with Crippen molar-refractivity contribution in [3.8, 4) is 6.07 Å². The van der Waals surface area contributed by atoms with Crippen molar-refractivity contribution in [1.82, 2.24) is 9.80 Å². The first kappa shape index (κ1) is 18.5. The lowest BCUT2D eigenvalue weighted by Crippen LogP contribution is -2.48. The van der Waals surface area contributed by atoms with Crippen LogP contribution < -0.4 is 5.32 Å². The molecule has 1 aromatic carbocycles. The van der Waals surface area contributed by atoms with E-state index in [1.807, 2.05) is 11.0 Å². The number of benzene rings is 1. The lowest BCUT2D eigenvalue weighted by Gasteiger charge is -2.35. The molecule has 1 N–H and O–H groups in total. The summed E-state index contributed by atoms with van der Waals surface area (Å²) < 4.78 is 5.28. The van der Waals surface area contributed by atoms with Gasteiger partial charge in [0.1, 0.15) is 6.07 Å². The van der Waals surface area contributed by atoms with Crippen molar-refractivity contribution in [3.05, 3.63) is 28.8 Å². The van der Waals surface area contributed by atoms with Gasteiger partial charge in [-0.25, -0.2) is 4.79 Å². The van der Waals surface area contributed by atoms with E-state index in [0.29, 0.717) is 68.5 Å². The molecule has 1 aromatic rings. The van der Waals surface area contributed by atoms with Crippen LogP contribution in [0.4, 0.5) is 10.5 Å². The molecule has 0 bridgehead atoms. The van der Waals surface area contributed by atoms with Crippen LogP contribution in [0.25, 0.3) is 0 Å². The predicted octanol–water partition coefficient (Wildman–Crippen LogP) is 2.31. The molecule has 8 heteroatoms. The zero-order valence-electron chi connectivity index (χ0n) is 14.4. The van der Waals surface area contributed by atoms with Gasteiger partial charge in [0.25, 0.3) is 0 Å². The first-order valence-corrected chi connectivity index (χ1v) is 9.08. The number of urea groups is 1. The minimum atomic E-state index is -0.219. The maximum atomic E-state index is 12.5. The second-order valence-electron chi connectivity index (χ2n) is 6.44. The van der Waals surface area contributed by atoms with Crippen LogP contribution in [0.2, 0.25) is 5.02 Å². The second kappa shape index (κ2) is 8.39. The van der Waals surface area contributed by atoms with Crippen LogP contribution in [-0.4, -0.2) is 61.1 Å². The Hall–Kier alpha value is -2.30. The van der Waals surface area contributed by atoms with E-state index in [2.05, 4.69) is 5.32 Å². The normalized spacial score (nSPS) is 18.3. The lowest BCUT2D eigenvalue weighted by molar-refractivity contribution is -0.140. The molecule has 2 fully saturated rings. The van der Waals surface area contributed by atoms with E-state index in [-0.39, 0.29) is 17.9 Å². The number of hydrogen-bond acceptors (Lipinski definition) is 4. The number of hydrogen-bond donors (Lipinski definition) is 1. The average Bonchev–Trinajstić information content (AvgIpc) is 2.68. The van der Waals surface area contributed by atoms with Crippen LogP contribution in [0.15, 0.2) is 18.2 Å². The molecule has 0 saturated carbocycles. The maximum absolute atomic E-state index is 12.5. The van der Waals surface area contributed by atoms with Gasteiger partial charge < -0.3 is 19.9 Å².